The third kappa shape index (κ3) is 2.37. The molecule has 7 rings (SSSR count). The molecule has 38 heavy (non-hydrogen) atoms. The van der Waals surface area contributed by atoms with Crippen LogP contribution < -0.4 is 9.47 Å². The van der Waals surface area contributed by atoms with Gasteiger partial charge in [-0.3, -0.25) is 4.79 Å². The summed E-state index contributed by atoms with van der Waals surface area (Å²) in [4.78, 5) is 13.9. The number of hydrogen-bond acceptors (Lipinski definition) is 8. The fraction of sp³-hybridized carbons (Fsp3) is 0.679. The number of hydrogen-bond donors (Lipinski definition) is 3. The maximum atomic E-state index is 13.9. The van der Waals surface area contributed by atoms with Gasteiger partial charge < -0.3 is 34.3 Å². The predicted octanol–water partition coefficient (Wildman–Crippen LogP) is 3.18. The summed E-state index contributed by atoms with van der Waals surface area (Å²) in [7, 11) is 1.57. The number of fused-ring (bicyclic) bond motifs is 7. The Morgan fingerprint density at radius 2 is 1.95 bits per heavy atom. The summed E-state index contributed by atoms with van der Waals surface area (Å²) in [5.74, 6) is -0.151. The van der Waals surface area contributed by atoms with Gasteiger partial charge in [0.1, 0.15) is 17.6 Å². The number of alkyl halides is 1. The zero-order valence-electron chi connectivity index (χ0n) is 21.7. The fourth-order valence-electron chi connectivity index (χ4n) is 9.61. The molecule has 2 bridgehead atoms. The van der Waals surface area contributed by atoms with Gasteiger partial charge in [-0.2, -0.15) is 0 Å². The van der Waals surface area contributed by atoms with E-state index in [1.165, 1.54) is 0 Å². The number of carbonyl (C=O) groups excluding carboxylic acids is 1. The lowest BCUT2D eigenvalue weighted by molar-refractivity contribution is -0.285. The van der Waals surface area contributed by atoms with Crippen LogP contribution in [0.15, 0.2) is 11.6 Å². The van der Waals surface area contributed by atoms with Gasteiger partial charge in [0.25, 0.3) is 0 Å². The fourth-order valence-corrected chi connectivity index (χ4v) is 10.3. The Kier molecular flexibility index (Phi) is 4.94. The van der Waals surface area contributed by atoms with Gasteiger partial charge in [0, 0.05) is 57.7 Å². The molecule has 0 spiro atoms. The van der Waals surface area contributed by atoms with Crippen molar-refractivity contribution in [1.29, 1.82) is 0 Å². The van der Waals surface area contributed by atoms with Crippen molar-refractivity contribution in [3.05, 3.63) is 27.8 Å². The first-order valence-corrected chi connectivity index (χ1v) is 13.9. The summed E-state index contributed by atoms with van der Waals surface area (Å²) in [5, 5.41) is 37.2. The normalized spacial score (nSPS) is 49.6. The molecule has 10 atom stereocenters. The van der Waals surface area contributed by atoms with E-state index >= 15 is 0 Å². The monoisotopic (exact) mass is 566 g/mol. The van der Waals surface area contributed by atoms with Gasteiger partial charge in [0.05, 0.1) is 18.3 Å². The van der Waals surface area contributed by atoms with Crippen LogP contribution in [0.1, 0.15) is 51.2 Å². The average Bonchev–Trinajstić information content (AvgIpc) is 3.53. The van der Waals surface area contributed by atoms with Crippen molar-refractivity contribution >= 4 is 35.2 Å². The Morgan fingerprint density at radius 3 is 2.66 bits per heavy atom. The van der Waals surface area contributed by atoms with Crippen molar-refractivity contribution < 1.29 is 39.1 Å². The van der Waals surface area contributed by atoms with Crippen LogP contribution in [0.4, 0.5) is 0 Å². The molecule has 1 aromatic rings. The Hall–Kier alpha value is -1.55. The van der Waals surface area contributed by atoms with E-state index in [4.69, 9.17) is 42.1 Å². The molecule has 1 aromatic carbocycles. The number of ether oxygens (including phenoxy) is 4. The molecule has 0 aromatic heterocycles. The van der Waals surface area contributed by atoms with Crippen LogP contribution in [0, 0.1) is 22.2 Å². The first kappa shape index (κ1) is 25.4. The second-order valence-corrected chi connectivity index (χ2v) is 13.6. The zero-order valence-corrected chi connectivity index (χ0v) is 23.2. The molecule has 6 aliphatic rings. The molecule has 1 saturated heterocycles. The standard InChI is InChI=1S/C28H32Cl2O8/c1-24(10-35-4)16(30)5-6-27-21(24)20(38-23(27)33)22(32)26(3)15-7-12-18(13(29)8-14-19(12)37-11-36-14)25(15,2)17(31)9-28(26,27)34/h7-8,16-17,20-22,31-32,34H,5-6,9-11H2,1-4H3. The quantitative estimate of drug-likeness (QED) is 0.369. The first-order chi connectivity index (χ1) is 17.8. The molecular formula is C28H32Cl2O8. The number of carbonyl (C=O) groups is 1. The van der Waals surface area contributed by atoms with Gasteiger partial charge in [-0.15, -0.1) is 11.6 Å². The van der Waals surface area contributed by atoms with Crippen molar-refractivity contribution in [2.75, 3.05) is 20.5 Å². The summed E-state index contributed by atoms with van der Waals surface area (Å²) in [6.45, 7) is 5.88. The molecular weight excluding hydrogens is 535 g/mol. The molecule has 2 aliphatic heterocycles. The number of rotatable bonds is 2. The summed E-state index contributed by atoms with van der Waals surface area (Å²) in [6.07, 6.45) is -0.909. The first-order valence-electron chi connectivity index (χ1n) is 13.1. The van der Waals surface area contributed by atoms with Crippen molar-refractivity contribution in [1.82, 2.24) is 0 Å². The summed E-state index contributed by atoms with van der Waals surface area (Å²) in [5.41, 5.74) is -4.51. The van der Waals surface area contributed by atoms with E-state index < -0.39 is 57.5 Å². The summed E-state index contributed by atoms with van der Waals surface area (Å²) >= 11 is 13.7. The SMILES string of the molecule is COCC1(C)C(Cl)CCC23C(=O)OC(C(O)C4(C)C5=Cc6c7c(cc(Cl)c6C5(C)C(O)CC42O)OCO7)C13. The second-order valence-electron chi connectivity index (χ2n) is 12.6. The van der Waals surface area contributed by atoms with Gasteiger partial charge in [0.2, 0.25) is 6.79 Å². The second kappa shape index (κ2) is 7.39. The molecule has 10 heteroatoms. The largest absolute Gasteiger partial charge is 0.459 e. The van der Waals surface area contributed by atoms with Crippen LogP contribution in [0.25, 0.3) is 6.08 Å². The Balaban J connectivity index is 1.49. The van der Waals surface area contributed by atoms with Crippen LogP contribution >= 0.6 is 23.2 Å². The van der Waals surface area contributed by atoms with Crippen molar-refractivity contribution in [2.45, 2.75) is 74.7 Å². The molecule has 3 saturated carbocycles. The Morgan fingerprint density at radius 1 is 1.21 bits per heavy atom. The van der Waals surface area contributed by atoms with Crippen LogP contribution in [0.2, 0.25) is 5.02 Å². The highest BCUT2D eigenvalue weighted by atomic mass is 35.5. The molecule has 0 radical (unpaired) electrons. The molecule has 2 heterocycles. The highest BCUT2D eigenvalue weighted by molar-refractivity contribution is 6.32. The Labute approximate surface area is 230 Å². The Bertz CT molecular complexity index is 1320. The van der Waals surface area contributed by atoms with Gasteiger partial charge >= 0.3 is 5.97 Å². The minimum Gasteiger partial charge on any atom is -0.459 e. The van der Waals surface area contributed by atoms with Crippen LogP contribution in [-0.2, 0) is 19.7 Å². The van der Waals surface area contributed by atoms with Crippen LogP contribution in [0.5, 0.6) is 11.5 Å². The molecule has 3 N–H and O–H groups in total. The zero-order chi connectivity index (χ0) is 27.2. The highest BCUT2D eigenvalue weighted by Gasteiger charge is 2.86. The van der Waals surface area contributed by atoms with Crippen molar-refractivity contribution in [2.24, 2.45) is 22.2 Å². The third-order valence-corrected chi connectivity index (χ3v) is 12.4. The lowest BCUT2D eigenvalue weighted by Crippen LogP contribution is -2.79. The van der Waals surface area contributed by atoms with E-state index in [-0.39, 0.29) is 31.6 Å². The maximum absolute atomic E-state index is 13.9. The smallest absolute Gasteiger partial charge is 0.315 e. The highest BCUT2D eigenvalue weighted by Crippen LogP contribution is 2.77. The molecule has 8 nitrogen and oxygen atoms in total. The molecule has 206 valence electrons. The van der Waals surface area contributed by atoms with Gasteiger partial charge in [-0.1, -0.05) is 25.4 Å². The van der Waals surface area contributed by atoms with Crippen LogP contribution in [0.3, 0.4) is 0 Å². The molecule has 4 fully saturated rings. The number of esters is 1. The minimum absolute atomic E-state index is 0.0429. The van der Waals surface area contributed by atoms with E-state index in [2.05, 4.69) is 0 Å². The van der Waals surface area contributed by atoms with E-state index in [0.29, 0.717) is 39.6 Å². The van der Waals surface area contributed by atoms with Gasteiger partial charge in [-0.25, -0.2) is 0 Å². The molecule has 4 aliphatic carbocycles. The van der Waals surface area contributed by atoms with Gasteiger partial charge in [-0.05, 0) is 37.0 Å². The summed E-state index contributed by atoms with van der Waals surface area (Å²) < 4.78 is 22.9. The average molecular weight is 567 g/mol. The lowest BCUT2D eigenvalue weighted by atomic mass is 9.35. The molecule has 10 unspecified atom stereocenters. The maximum Gasteiger partial charge on any atom is 0.315 e. The minimum atomic E-state index is -1.85. The topological polar surface area (TPSA) is 115 Å². The van der Waals surface area contributed by atoms with Crippen molar-refractivity contribution in [3.8, 4) is 11.5 Å². The molecule has 0 amide bonds. The summed E-state index contributed by atoms with van der Waals surface area (Å²) in [6, 6.07) is 1.68. The van der Waals surface area contributed by atoms with E-state index in [1.807, 2.05) is 19.9 Å². The van der Waals surface area contributed by atoms with Crippen molar-refractivity contribution in [3.63, 3.8) is 0 Å². The van der Waals surface area contributed by atoms with E-state index in [0.717, 1.165) is 0 Å². The number of aliphatic hydroxyl groups is 3. The number of halogens is 2. The predicted molar refractivity (Wildman–Crippen MR) is 137 cm³/mol. The number of aliphatic hydroxyl groups excluding tert-OH is 2. The van der Waals surface area contributed by atoms with Crippen LogP contribution in [-0.4, -0.2) is 71.1 Å². The lowest BCUT2D eigenvalue weighted by Gasteiger charge is -2.69. The van der Waals surface area contributed by atoms with E-state index in [1.54, 1.807) is 20.1 Å². The third-order valence-electron chi connectivity index (χ3n) is 11.4. The number of methoxy groups -OCH3 is 1. The van der Waals surface area contributed by atoms with E-state index in [9.17, 15) is 20.1 Å². The number of benzene rings is 1. The van der Waals surface area contributed by atoms with Gasteiger partial charge in [0.15, 0.2) is 11.5 Å².